The summed E-state index contributed by atoms with van der Waals surface area (Å²) in [5.74, 6) is 0.476. The van der Waals surface area contributed by atoms with Gasteiger partial charge in [0, 0.05) is 25.2 Å². The third-order valence-electron chi connectivity index (χ3n) is 5.96. The van der Waals surface area contributed by atoms with Crippen LogP contribution in [-0.2, 0) is 6.54 Å². The predicted molar refractivity (Wildman–Crippen MR) is 120 cm³/mol. The molecule has 0 spiro atoms. The highest BCUT2D eigenvalue weighted by Crippen LogP contribution is 2.29. The first-order chi connectivity index (χ1) is 14.5. The lowest BCUT2D eigenvalue weighted by Crippen LogP contribution is -2.38. The Bertz CT molecular complexity index is 1030. The Morgan fingerprint density at radius 2 is 1.97 bits per heavy atom. The number of carbonyl (C=O) groups is 1. The van der Waals surface area contributed by atoms with Crippen LogP contribution in [0.2, 0.25) is 0 Å². The number of aromatic amines is 1. The number of carbonyl (C=O) groups excluding carboxylic acids is 1. The van der Waals surface area contributed by atoms with Gasteiger partial charge in [-0.2, -0.15) is 0 Å². The molecule has 1 saturated heterocycles. The first-order valence-electron chi connectivity index (χ1n) is 10.6. The van der Waals surface area contributed by atoms with E-state index in [9.17, 15) is 14.8 Å². The molecule has 2 aromatic carbocycles. The summed E-state index contributed by atoms with van der Waals surface area (Å²) in [4.78, 5) is 18.1. The van der Waals surface area contributed by atoms with Gasteiger partial charge in [-0.25, -0.2) is 0 Å². The van der Waals surface area contributed by atoms with E-state index in [1.54, 1.807) is 24.3 Å². The number of nitrogens with zero attached hydrogens (tertiary/aromatic N) is 1. The van der Waals surface area contributed by atoms with E-state index in [0.29, 0.717) is 17.1 Å². The quantitative estimate of drug-likeness (QED) is 0.473. The van der Waals surface area contributed by atoms with Crippen LogP contribution < -0.4 is 10.8 Å². The molecule has 0 aliphatic carbocycles. The molecule has 7 heteroatoms. The van der Waals surface area contributed by atoms with Crippen LogP contribution in [0.25, 0.3) is 10.9 Å². The van der Waals surface area contributed by atoms with Crippen LogP contribution in [0.1, 0.15) is 47.3 Å². The third-order valence-corrected chi connectivity index (χ3v) is 5.96. The zero-order valence-electron chi connectivity index (χ0n) is 17.3. The summed E-state index contributed by atoms with van der Waals surface area (Å²) < 4.78 is 0. The minimum Gasteiger partial charge on any atom is -0.423 e. The van der Waals surface area contributed by atoms with Crippen LogP contribution in [0.5, 0.6) is 0 Å². The Hall–Kier alpha value is -2.61. The Balaban J connectivity index is 1.41. The molecule has 2 heterocycles. The van der Waals surface area contributed by atoms with Gasteiger partial charge < -0.3 is 25.2 Å². The fraction of sp³-hybridized carbons (Fsp3) is 0.348. The van der Waals surface area contributed by atoms with Crippen molar-refractivity contribution in [1.29, 1.82) is 0 Å². The van der Waals surface area contributed by atoms with Gasteiger partial charge in [0.25, 0.3) is 5.91 Å². The molecule has 1 amide bonds. The van der Waals surface area contributed by atoms with Crippen LogP contribution in [0.3, 0.4) is 0 Å². The van der Waals surface area contributed by atoms with Gasteiger partial charge in [0.15, 0.2) is 0 Å². The molecule has 4 N–H and O–H groups in total. The number of piperidine rings is 1. The van der Waals surface area contributed by atoms with Crippen LogP contribution >= 0.6 is 0 Å². The molecular formula is C23H28BN3O3. The number of benzene rings is 2. The van der Waals surface area contributed by atoms with E-state index in [4.69, 9.17) is 0 Å². The second-order valence-electron chi connectivity index (χ2n) is 8.00. The number of hydrogen-bond donors (Lipinski definition) is 4. The molecule has 30 heavy (non-hydrogen) atoms. The number of amides is 1. The Kier molecular flexibility index (Phi) is 6.22. The predicted octanol–water partition coefficient (Wildman–Crippen LogP) is 1.98. The van der Waals surface area contributed by atoms with Gasteiger partial charge in [0.1, 0.15) is 5.69 Å². The summed E-state index contributed by atoms with van der Waals surface area (Å²) in [6.45, 7) is 5.42. The molecule has 0 bridgehead atoms. The summed E-state index contributed by atoms with van der Waals surface area (Å²) in [6, 6.07) is 15.7. The standard InChI is InChI=1S/C23H28BN3O3/c1-2-25-15-16-4-3-5-18(12-16)17-8-10-27(11-9-17)23(28)22-14-19-13-20(24(29)30)6-7-21(19)26-22/h3-7,12-14,17,25-26,29-30H,2,8-11,15H2,1H3. The van der Waals surface area contributed by atoms with Gasteiger partial charge in [-0.3, -0.25) is 4.79 Å². The van der Waals surface area contributed by atoms with E-state index in [1.807, 2.05) is 4.90 Å². The zero-order chi connectivity index (χ0) is 21.1. The van der Waals surface area contributed by atoms with Crippen molar-refractivity contribution in [1.82, 2.24) is 15.2 Å². The minimum absolute atomic E-state index is 0.00311. The SMILES string of the molecule is CCNCc1cccc(C2CCN(C(=O)c3cc4cc(B(O)O)ccc4[nH]3)CC2)c1. The van der Waals surface area contributed by atoms with E-state index >= 15 is 0 Å². The van der Waals surface area contributed by atoms with Crippen molar-refractivity contribution in [3.63, 3.8) is 0 Å². The number of fused-ring (bicyclic) bond motifs is 1. The Labute approximate surface area is 177 Å². The van der Waals surface area contributed by atoms with E-state index in [2.05, 4.69) is 41.5 Å². The summed E-state index contributed by atoms with van der Waals surface area (Å²) >= 11 is 0. The summed E-state index contributed by atoms with van der Waals surface area (Å²) in [5, 5.41) is 22.9. The zero-order valence-corrected chi connectivity index (χ0v) is 17.3. The van der Waals surface area contributed by atoms with Gasteiger partial charge in [-0.1, -0.05) is 43.3 Å². The smallest absolute Gasteiger partial charge is 0.423 e. The van der Waals surface area contributed by atoms with E-state index in [-0.39, 0.29) is 5.91 Å². The fourth-order valence-corrected chi connectivity index (χ4v) is 4.24. The average molecular weight is 405 g/mol. The number of nitrogens with one attached hydrogen (secondary N) is 2. The maximum absolute atomic E-state index is 13.0. The monoisotopic (exact) mass is 405 g/mol. The molecular weight excluding hydrogens is 377 g/mol. The summed E-state index contributed by atoms with van der Waals surface area (Å²) in [6.07, 6.45) is 1.91. The summed E-state index contributed by atoms with van der Waals surface area (Å²) in [5.41, 5.74) is 4.44. The van der Waals surface area contributed by atoms with Crippen molar-refractivity contribution in [2.75, 3.05) is 19.6 Å². The van der Waals surface area contributed by atoms with Crippen LogP contribution in [-0.4, -0.2) is 52.6 Å². The van der Waals surface area contributed by atoms with Gasteiger partial charge in [0.05, 0.1) is 0 Å². The third kappa shape index (κ3) is 4.43. The molecule has 1 aliphatic rings. The maximum Gasteiger partial charge on any atom is 0.488 e. The second kappa shape index (κ2) is 9.04. The molecule has 0 radical (unpaired) electrons. The van der Waals surface area contributed by atoms with Crippen LogP contribution in [0.15, 0.2) is 48.5 Å². The van der Waals surface area contributed by atoms with Gasteiger partial charge in [-0.15, -0.1) is 0 Å². The van der Waals surface area contributed by atoms with Gasteiger partial charge >= 0.3 is 7.12 Å². The normalized spacial score (nSPS) is 15.0. The fourth-order valence-electron chi connectivity index (χ4n) is 4.24. The molecule has 0 atom stereocenters. The molecule has 3 aromatic rings. The largest absolute Gasteiger partial charge is 0.488 e. The Morgan fingerprint density at radius 1 is 1.17 bits per heavy atom. The van der Waals surface area contributed by atoms with Crippen molar-refractivity contribution < 1.29 is 14.8 Å². The highest BCUT2D eigenvalue weighted by atomic mass is 16.4. The average Bonchev–Trinajstić information content (AvgIpc) is 3.21. The van der Waals surface area contributed by atoms with E-state index < -0.39 is 7.12 Å². The van der Waals surface area contributed by atoms with Crippen LogP contribution in [0.4, 0.5) is 0 Å². The van der Waals surface area contributed by atoms with Crippen molar-refractivity contribution in [3.8, 4) is 0 Å². The lowest BCUT2D eigenvalue weighted by molar-refractivity contribution is 0.0708. The molecule has 1 aliphatic heterocycles. The summed E-state index contributed by atoms with van der Waals surface area (Å²) in [7, 11) is -1.52. The number of aromatic nitrogens is 1. The van der Waals surface area contributed by atoms with Crippen molar-refractivity contribution >= 4 is 29.4 Å². The number of likely N-dealkylation sites (tertiary alicyclic amines) is 1. The minimum atomic E-state index is -1.52. The number of hydrogen-bond acceptors (Lipinski definition) is 4. The lowest BCUT2D eigenvalue weighted by atomic mass is 9.80. The topological polar surface area (TPSA) is 88.6 Å². The maximum atomic E-state index is 13.0. The highest BCUT2D eigenvalue weighted by molar-refractivity contribution is 6.58. The van der Waals surface area contributed by atoms with E-state index in [1.165, 1.54) is 11.1 Å². The number of H-pyrrole nitrogens is 1. The number of rotatable bonds is 6. The van der Waals surface area contributed by atoms with Crippen molar-refractivity contribution in [2.45, 2.75) is 32.2 Å². The first kappa shape index (κ1) is 20.7. The molecule has 156 valence electrons. The van der Waals surface area contributed by atoms with Crippen molar-refractivity contribution in [3.05, 3.63) is 65.4 Å². The molecule has 0 saturated carbocycles. The first-order valence-corrected chi connectivity index (χ1v) is 10.6. The van der Waals surface area contributed by atoms with Gasteiger partial charge in [0.2, 0.25) is 0 Å². The molecule has 4 rings (SSSR count). The molecule has 1 aromatic heterocycles. The molecule has 1 fully saturated rings. The second-order valence-corrected chi connectivity index (χ2v) is 8.00. The van der Waals surface area contributed by atoms with Gasteiger partial charge in [-0.05, 0) is 59.4 Å². The highest BCUT2D eigenvalue weighted by Gasteiger charge is 2.25. The van der Waals surface area contributed by atoms with Crippen LogP contribution in [0, 0.1) is 0 Å². The molecule has 0 unspecified atom stereocenters. The Morgan fingerprint density at radius 3 is 2.70 bits per heavy atom. The molecule has 6 nitrogen and oxygen atoms in total. The van der Waals surface area contributed by atoms with Crippen molar-refractivity contribution in [2.24, 2.45) is 0 Å². The van der Waals surface area contributed by atoms with E-state index in [0.717, 1.165) is 49.9 Å². The lowest BCUT2D eigenvalue weighted by Gasteiger charge is -2.32.